The number of aromatic hydroxyl groups is 2. The van der Waals surface area contributed by atoms with Crippen molar-refractivity contribution in [1.82, 2.24) is 0 Å². The first-order valence-corrected chi connectivity index (χ1v) is 13.6. The Labute approximate surface area is 232 Å². The Bertz CT molecular complexity index is 1500. The summed E-state index contributed by atoms with van der Waals surface area (Å²) in [6.45, 7) is 13.0. The highest BCUT2D eigenvalue weighted by Gasteiger charge is 2.20. The maximum atomic E-state index is 10.9. The van der Waals surface area contributed by atoms with E-state index in [9.17, 15) is 10.2 Å². The van der Waals surface area contributed by atoms with Crippen LogP contribution in [0, 0.1) is 0 Å². The minimum absolute atomic E-state index is 0.145. The normalized spacial score (nSPS) is 13.5. The second kappa shape index (κ2) is 11.4. The van der Waals surface area contributed by atoms with E-state index in [4.69, 9.17) is 9.98 Å². The fourth-order valence-electron chi connectivity index (χ4n) is 4.80. The molecule has 4 rings (SSSR count). The topological polar surface area (TPSA) is 65.2 Å². The van der Waals surface area contributed by atoms with Crippen LogP contribution in [0.5, 0.6) is 11.5 Å². The number of para-hydroxylation sites is 2. The summed E-state index contributed by atoms with van der Waals surface area (Å²) in [5.41, 5.74) is 4.02. The molecular weight excluding hydrogens is 480 g/mol. The maximum absolute atomic E-state index is 10.9. The van der Waals surface area contributed by atoms with Crippen LogP contribution in [0.15, 0.2) is 88.8 Å². The van der Waals surface area contributed by atoms with Crippen molar-refractivity contribution in [2.24, 2.45) is 9.98 Å². The standard InChI is InChI=1S/C35H40N2O2/c1-34(2,3)30-15-9-13-27(32(30)38)21-36-23-29(20-24-17-18-25-11-7-8-12-26(25)19-24)37-22-28-14-10-16-31(33(28)39)35(4,5)6/h7-19,21-22,29,38-39H,20,23H2,1-6H3. The summed E-state index contributed by atoms with van der Waals surface area (Å²) in [4.78, 5) is 9.62. The molecular formula is C35H40N2O2. The maximum Gasteiger partial charge on any atom is 0.128 e. The molecule has 0 heterocycles. The van der Waals surface area contributed by atoms with Crippen LogP contribution >= 0.6 is 0 Å². The highest BCUT2D eigenvalue weighted by molar-refractivity contribution is 5.86. The van der Waals surface area contributed by atoms with Gasteiger partial charge < -0.3 is 10.2 Å². The molecule has 0 radical (unpaired) electrons. The lowest BCUT2D eigenvalue weighted by atomic mass is 9.85. The van der Waals surface area contributed by atoms with Crippen LogP contribution < -0.4 is 0 Å². The van der Waals surface area contributed by atoms with Crippen molar-refractivity contribution >= 4 is 23.2 Å². The van der Waals surface area contributed by atoms with Crippen LogP contribution in [-0.2, 0) is 17.3 Å². The van der Waals surface area contributed by atoms with Gasteiger partial charge in [0.2, 0.25) is 0 Å². The van der Waals surface area contributed by atoms with Gasteiger partial charge in [0.05, 0.1) is 12.6 Å². The highest BCUT2D eigenvalue weighted by Crippen LogP contribution is 2.33. The van der Waals surface area contributed by atoms with Crippen molar-refractivity contribution in [2.45, 2.75) is 64.8 Å². The van der Waals surface area contributed by atoms with Gasteiger partial charge in [-0.2, -0.15) is 0 Å². The minimum Gasteiger partial charge on any atom is -0.507 e. The first kappa shape index (κ1) is 28.1. The molecule has 4 aromatic rings. The van der Waals surface area contributed by atoms with Crippen molar-refractivity contribution in [2.75, 3.05) is 6.54 Å². The van der Waals surface area contributed by atoms with Crippen LogP contribution in [0.3, 0.4) is 0 Å². The molecule has 39 heavy (non-hydrogen) atoms. The zero-order chi connectivity index (χ0) is 28.2. The van der Waals surface area contributed by atoms with Crippen LogP contribution in [0.25, 0.3) is 10.8 Å². The van der Waals surface area contributed by atoms with E-state index in [2.05, 4.69) is 77.9 Å². The molecule has 2 N–H and O–H groups in total. The number of fused-ring (bicyclic) bond motifs is 1. The molecule has 4 nitrogen and oxygen atoms in total. The number of phenols is 2. The smallest absolute Gasteiger partial charge is 0.128 e. The SMILES string of the molecule is CC(C)(C)c1cccc(C=NCC(Cc2ccc3ccccc3c2)N=Cc2cccc(C(C)(C)C)c2O)c1O. The fraction of sp³-hybridized carbons (Fsp3) is 0.314. The van der Waals surface area contributed by atoms with Gasteiger partial charge in [-0.3, -0.25) is 9.98 Å². The predicted molar refractivity (Wildman–Crippen MR) is 165 cm³/mol. The van der Waals surface area contributed by atoms with Crippen LogP contribution in [0.1, 0.15) is 69.4 Å². The summed E-state index contributed by atoms with van der Waals surface area (Å²) < 4.78 is 0. The Balaban J connectivity index is 1.63. The predicted octanol–water partition coefficient (Wildman–Crippen LogP) is 8.00. The second-order valence-corrected chi connectivity index (χ2v) is 12.3. The number of phenolic OH excluding ortho intramolecular Hbond substituents is 2. The molecule has 1 unspecified atom stereocenters. The Morgan fingerprint density at radius 1 is 0.667 bits per heavy atom. The number of rotatable bonds is 7. The van der Waals surface area contributed by atoms with E-state index in [1.165, 1.54) is 16.3 Å². The first-order chi connectivity index (χ1) is 18.4. The molecule has 4 aromatic carbocycles. The average Bonchev–Trinajstić information content (AvgIpc) is 2.87. The average molecular weight is 521 g/mol. The van der Waals surface area contributed by atoms with Gasteiger partial charge in [0.1, 0.15) is 11.5 Å². The molecule has 0 spiro atoms. The third-order valence-corrected chi connectivity index (χ3v) is 7.01. The molecule has 0 aliphatic heterocycles. The zero-order valence-corrected chi connectivity index (χ0v) is 23.9. The number of nitrogens with zero attached hydrogens (tertiary/aromatic N) is 2. The van der Waals surface area contributed by atoms with Gasteiger partial charge in [-0.05, 0) is 56.8 Å². The van der Waals surface area contributed by atoms with Gasteiger partial charge in [0.25, 0.3) is 0 Å². The third-order valence-electron chi connectivity index (χ3n) is 7.01. The summed E-state index contributed by atoms with van der Waals surface area (Å²) in [6, 6.07) is 26.3. The van der Waals surface area contributed by atoms with Gasteiger partial charge >= 0.3 is 0 Å². The van der Waals surface area contributed by atoms with Gasteiger partial charge in [0, 0.05) is 23.6 Å². The quantitative estimate of drug-likeness (QED) is 0.243. The third kappa shape index (κ3) is 6.94. The van der Waals surface area contributed by atoms with Crippen molar-refractivity contribution in [1.29, 1.82) is 0 Å². The molecule has 202 valence electrons. The van der Waals surface area contributed by atoms with Crippen LogP contribution in [0.2, 0.25) is 0 Å². The molecule has 0 aromatic heterocycles. The Kier molecular flexibility index (Phi) is 8.25. The second-order valence-electron chi connectivity index (χ2n) is 12.3. The van der Waals surface area contributed by atoms with Crippen LogP contribution in [0.4, 0.5) is 0 Å². The van der Waals surface area contributed by atoms with Crippen LogP contribution in [-0.4, -0.2) is 35.2 Å². The van der Waals surface area contributed by atoms with Gasteiger partial charge in [-0.1, -0.05) is 108 Å². The van der Waals surface area contributed by atoms with Crippen molar-refractivity contribution < 1.29 is 10.2 Å². The molecule has 0 aliphatic rings. The highest BCUT2D eigenvalue weighted by atomic mass is 16.3. The molecule has 0 aliphatic carbocycles. The van der Waals surface area contributed by atoms with E-state index < -0.39 is 0 Å². The molecule has 0 bridgehead atoms. The largest absolute Gasteiger partial charge is 0.507 e. The van der Waals surface area contributed by atoms with E-state index >= 15 is 0 Å². The van der Waals surface area contributed by atoms with Gasteiger partial charge in [-0.25, -0.2) is 0 Å². The first-order valence-electron chi connectivity index (χ1n) is 13.6. The number of hydrogen-bond donors (Lipinski definition) is 2. The van der Waals surface area contributed by atoms with Gasteiger partial charge in [0.15, 0.2) is 0 Å². The number of benzene rings is 4. The molecule has 0 amide bonds. The molecule has 0 saturated heterocycles. The van der Waals surface area contributed by atoms with E-state index in [1.54, 1.807) is 12.4 Å². The van der Waals surface area contributed by atoms with Gasteiger partial charge in [-0.15, -0.1) is 0 Å². The number of hydrogen-bond acceptors (Lipinski definition) is 4. The summed E-state index contributed by atoms with van der Waals surface area (Å²) in [7, 11) is 0. The molecule has 4 heteroatoms. The monoisotopic (exact) mass is 520 g/mol. The van der Waals surface area contributed by atoms with E-state index in [0.29, 0.717) is 24.1 Å². The summed E-state index contributed by atoms with van der Waals surface area (Å²) in [5.74, 6) is 0.540. The zero-order valence-electron chi connectivity index (χ0n) is 23.9. The van der Waals surface area contributed by atoms with Crippen molar-refractivity contribution in [3.05, 3.63) is 107 Å². The van der Waals surface area contributed by atoms with E-state index in [-0.39, 0.29) is 28.4 Å². The lowest BCUT2D eigenvalue weighted by Crippen LogP contribution is -2.15. The van der Waals surface area contributed by atoms with Crippen molar-refractivity contribution in [3.8, 4) is 11.5 Å². The molecule has 0 saturated carbocycles. The summed E-state index contributed by atoms with van der Waals surface area (Å²) >= 11 is 0. The lowest BCUT2D eigenvalue weighted by Gasteiger charge is -2.21. The van der Waals surface area contributed by atoms with E-state index in [0.717, 1.165) is 11.1 Å². The van der Waals surface area contributed by atoms with E-state index in [1.807, 2.05) is 42.5 Å². The van der Waals surface area contributed by atoms with Crippen molar-refractivity contribution in [3.63, 3.8) is 0 Å². The number of aliphatic imine (C=N–C) groups is 2. The molecule has 1 atom stereocenters. The minimum atomic E-state index is -0.174. The Morgan fingerprint density at radius 2 is 1.23 bits per heavy atom. The fourth-order valence-corrected chi connectivity index (χ4v) is 4.80. The Morgan fingerprint density at radius 3 is 1.82 bits per heavy atom. The Hall–Kier alpha value is -3.92. The molecule has 0 fully saturated rings. The summed E-state index contributed by atoms with van der Waals surface area (Å²) in [5, 5.41) is 24.2. The summed E-state index contributed by atoms with van der Waals surface area (Å²) in [6.07, 6.45) is 4.21. The lowest BCUT2D eigenvalue weighted by molar-refractivity contribution is 0.445.